The highest BCUT2D eigenvalue weighted by Crippen LogP contribution is 2.23. The van der Waals surface area contributed by atoms with Crippen molar-refractivity contribution in [2.75, 3.05) is 18.1 Å². The summed E-state index contributed by atoms with van der Waals surface area (Å²) in [5.41, 5.74) is 0.854. The third kappa shape index (κ3) is 3.75. The summed E-state index contributed by atoms with van der Waals surface area (Å²) < 4.78 is 6.57. The average molecular weight is 364 g/mol. The van der Waals surface area contributed by atoms with E-state index in [0.29, 0.717) is 12.5 Å². The van der Waals surface area contributed by atoms with Gasteiger partial charge in [-0.1, -0.05) is 18.2 Å². The maximum absolute atomic E-state index is 10.0. The Morgan fingerprint density at radius 3 is 2.73 bits per heavy atom. The summed E-state index contributed by atoms with van der Waals surface area (Å²) in [7, 11) is 0. The molecule has 0 amide bonds. The van der Waals surface area contributed by atoms with Crippen molar-refractivity contribution in [1.29, 1.82) is 0 Å². The first-order chi connectivity index (χ1) is 10.7. The van der Waals surface area contributed by atoms with E-state index >= 15 is 0 Å². The smallest absolute Gasteiger partial charge is 0.225 e. The zero-order valence-corrected chi connectivity index (χ0v) is 13.7. The summed E-state index contributed by atoms with van der Waals surface area (Å²) in [6.07, 6.45) is 5.80. The van der Waals surface area contributed by atoms with Crippen molar-refractivity contribution in [3.63, 3.8) is 0 Å². The maximum atomic E-state index is 10.0. The van der Waals surface area contributed by atoms with Crippen molar-refractivity contribution < 1.29 is 9.84 Å². The van der Waals surface area contributed by atoms with Crippen molar-refractivity contribution in [1.82, 2.24) is 9.97 Å². The second-order valence-electron chi connectivity index (χ2n) is 5.35. The number of phenolic OH excluding ortho intramolecular Hbond substituents is 1. The maximum Gasteiger partial charge on any atom is 0.225 e. The molecule has 0 aliphatic carbocycles. The van der Waals surface area contributed by atoms with Gasteiger partial charge in [-0.2, -0.15) is 0 Å². The first-order valence-electron chi connectivity index (χ1n) is 7.33. The number of nitrogens with zero attached hydrogens (tertiary/aromatic N) is 3. The lowest BCUT2D eigenvalue weighted by Crippen LogP contribution is -2.33. The van der Waals surface area contributed by atoms with Gasteiger partial charge in [0.05, 0.1) is 10.6 Å². The third-order valence-corrected chi connectivity index (χ3v) is 4.10. The second kappa shape index (κ2) is 7.07. The average Bonchev–Trinajstić information content (AvgIpc) is 3.03. The van der Waals surface area contributed by atoms with Gasteiger partial charge < -0.3 is 14.7 Å². The molecule has 1 aliphatic rings. The number of hydrogen-bond donors (Lipinski definition) is 1. The topological polar surface area (TPSA) is 58.5 Å². The van der Waals surface area contributed by atoms with Crippen LogP contribution in [0.3, 0.4) is 0 Å². The Morgan fingerprint density at radius 2 is 2.05 bits per heavy atom. The van der Waals surface area contributed by atoms with Crippen LogP contribution in [-0.4, -0.2) is 34.3 Å². The lowest BCUT2D eigenvalue weighted by atomic mass is 10.1. The molecule has 22 heavy (non-hydrogen) atoms. The first kappa shape index (κ1) is 15.2. The minimum atomic E-state index is 0.193. The van der Waals surface area contributed by atoms with Gasteiger partial charge in [-0.15, -0.1) is 0 Å². The predicted molar refractivity (Wildman–Crippen MR) is 87.9 cm³/mol. The molecule has 0 spiro atoms. The van der Waals surface area contributed by atoms with E-state index < -0.39 is 0 Å². The molecule has 1 aromatic carbocycles. The molecule has 3 rings (SSSR count). The van der Waals surface area contributed by atoms with E-state index in [1.165, 1.54) is 0 Å². The minimum Gasteiger partial charge on any atom is -0.508 e. The Labute approximate surface area is 138 Å². The number of aromatic nitrogens is 2. The molecule has 0 bridgehead atoms. The highest BCUT2D eigenvalue weighted by atomic mass is 79.9. The SMILES string of the molecule is Oc1ccccc1CN(C[C@H]1CCCO1)c1ncc(Br)cn1. The molecule has 0 saturated carbocycles. The van der Waals surface area contributed by atoms with Crippen molar-refractivity contribution in [2.24, 2.45) is 0 Å². The predicted octanol–water partition coefficient (Wildman–Crippen LogP) is 3.13. The van der Waals surface area contributed by atoms with Crippen LogP contribution in [0.25, 0.3) is 0 Å². The van der Waals surface area contributed by atoms with Gasteiger partial charge in [0.2, 0.25) is 5.95 Å². The molecule has 116 valence electrons. The van der Waals surface area contributed by atoms with Gasteiger partial charge in [-0.25, -0.2) is 9.97 Å². The van der Waals surface area contributed by atoms with Crippen LogP contribution < -0.4 is 4.90 Å². The number of halogens is 1. The Balaban J connectivity index is 1.81. The van der Waals surface area contributed by atoms with Crippen LogP contribution in [0.15, 0.2) is 41.1 Å². The molecular formula is C16H18BrN3O2. The van der Waals surface area contributed by atoms with E-state index in [-0.39, 0.29) is 11.9 Å². The third-order valence-electron chi connectivity index (χ3n) is 3.69. The molecule has 1 aliphatic heterocycles. The lowest BCUT2D eigenvalue weighted by molar-refractivity contribution is 0.115. The van der Waals surface area contributed by atoms with E-state index in [1.54, 1.807) is 18.5 Å². The number of phenols is 1. The fraction of sp³-hybridized carbons (Fsp3) is 0.375. The zero-order valence-electron chi connectivity index (χ0n) is 12.2. The minimum absolute atomic E-state index is 0.193. The molecule has 6 heteroatoms. The first-order valence-corrected chi connectivity index (χ1v) is 8.12. The second-order valence-corrected chi connectivity index (χ2v) is 6.26. The van der Waals surface area contributed by atoms with Crippen molar-refractivity contribution in [3.05, 3.63) is 46.7 Å². The fourth-order valence-electron chi connectivity index (χ4n) is 2.57. The van der Waals surface area contributed by atoms with Crippen LogP contribution in [0.5, 0.6) is 5.75 Å². The zero-order chi connectivity index (χ0) is 15.4. The molecule has 1 atom stereocenters. The molecule has 5 nitrogen and oxygen atoms in total. The molecule has 2 heterocycles. The molecule has 1 fully saturated rings. The number of hydrogen-bond acceptors (Lipinski definition) is 5. The van der Waals surface area contributed by atoms with Crippen LogP contribution in [0.4, 0.5) is 5.95 Å². The Bertz CT molecular complexity index is 615. The molecule has 1 N–H and O–H groups in total. The van der Waals surface area contributed by atoms with E-state index in [9.17, 15) is 5.11 Å². The van der Waals surface area contributed by atoms with Crippen LogP contribution >= 0.6 is 15.9 Å². The van der Waals surface area contributed by atoms with E-state index in [2.05, 4.69) is 30.8 Å². The number of benzene rings is 1. The van der Waals surface area contributed by atoms with Gasteiger partial charge in [0, 0.05) is 37.7 Å². The van der Waals surface area contributed by atoms with Gasteiger partial charge in [-0.05, 0) is 34.8 Å². The Morgan fingerprint density at radius 1 is 1.27 bits per heavy atom. The van der Waals surface area contributed by atoms with E-state index in [4.69, 9.17) is 4.74 Å². The van der Waals surface area contributed by atoms with Crippen molar-refractivity contribution >= 4 is 21.9 Å². The van der Waals surface area contributed by atoms with Gasteiger partial charge in [0.1, 0.15) is 5.75 Å². The molecule has 0 radical (unpaired) electrons. The van der Waals surface area contributed by atoms with Gasteiger partial charge in [-0.3, -0.25) is 0 Å². The van der Waals surface area contributed by atoms with Gasteiger partial charge >= 0.3 is 0 Å². The van der Waals surface area contributed by atoms with Gasteiger partial charge in [0.15, 0.2) is 0 Å². The normalized spacial score (nSPS) is 17.6. The number of para-hydroxylation sites is 1. The van der Waals surface area contributed by atoms with Crippen LogP contribution in [0.1, 0.15) is 18.4 Å². The summed E-state index contributed by atoms with van der Waals surface area (Å²) in [6.45, 7) is 2.08. The fourth-order valence-corrected chi connectivity index (χ4v) is 2.77. The molecule has 1 saturated heterocycles. The van der Waals surface area contributed by atoms with Crippen LogP contribution in [0, 0.1) is 0 Å². The quantitative estimate of drug-likeness (QED) is 0.884. The molecule has 0 unspecified atom stereocenters. The van der Waals surface area contributed by atoms with Crippen molar-refractivity contribution in [2.45, 2.75) is 25.5 Å². The van der Waals surface area contributed by atoms with E-state index in [1.807, 2.05) is 18.2 Å². The van der Waals surface area contributed by atoms with Crippen molar-refractivity contribution in [3.8, 4) is 5.75 Å². The number of rotatable bonds is 5. The Hall–Kier alpha value is -1.66. The van der Waals surface area contributed by atoms with Crippen LogP contribution in [-0.2, 0) is 11.3 Å². The number of ether oxygens (including phenoxy) is 1. The summed E-state index contributed by atoms with van der Waals surface area (Å²) in [5.74, 6) is 0.930. The van der Waals surface area contributed by atoms with Crippen LogP contribution in [0.2, 0.25) is 0 Å². The highest BCUT2D eigenvalue weighted by Gasteiger charge is 2.21. The summed E-state index contributed by atoms with van der Waals surface area (Å²) >= 11 is 3.35. The Kier molecular flexibility index (Phi) is 4.90. The monoisotopic (exact) mass is 363 g/mol. The molecular weight excluding hydrogens is 346 g/mol. The van der Waals surface area contributed by atoms with Gasteiger partial charge in [0.25, 0.3) is 0 Å². The molecule has 2 aromatic rings. The summed E-state index contributed by atoms with van der Waals surface area (Å²) in [4.78, 5) is 10.8. The lowest BCUT2D eigenvalue weighted by Gasteiger charge is -2.25. The standard InChI is InChI=1S/C16H18BrN3O2/c17-13-8-18-16(19-9-13)20(11-14-5-3-7-22-14)10-12-4-1-2-6-15(12)21/h1-2,4,6,8-9,14,21H,3,5,7,10-11H2/t14-/m1/s1. The van der Waals surface area contributed by atoms with E-state index in [0.717, 1.165) is 36.0 Å². The summed E-state index contributed by atoms with van der Waals surface area (Å²) in [5, 5.41) is 10.0. The highest BCUT2D eigenvalue weighted by molar-refractivity contribution is 9.10. The largest absolute Gasteiger partial charge is 0.508 e. The number of aromatic hydroxyl groups is 1. The summed E-state index contributed by atoms with van der Waals surface area (Å²) in [6, 6.07) is 7.35. The number of anilines is 1. The molecule has 1 aromatic heterocycles.